The van der Waals surface area contributed by atoms with Gasteiger partial charge in [0.25, 0.3) is 5.56 Å². The molecule has 0 atom stereocenters. The fourth-order valence-electron chi connectivity index (χ4n) is 4.76. The van der Waals surface area contributed by atoms with Crippen molar-refractivity contribution in [3.05, 3.63) is 39.8 Å². The van der Waals surface area contributed by atoms with Gasteiger partial charge in [0, 0.05) is 13.0 Å². The highest BCUT2D eigenvalue weighted by Crippen LogP contribution is 2.39. The Morgan fingerprint density at radius 2 is 2.00 bits per heavy atom. The zero-order valence-electron chi connectivity index (χ0n) is 19.0. The molecule has 32 heavy (non-hydrogen) atoms. The monoisotopic (exact) mass is 437 g/mol. The van der Waals surface area contributed by atoms with Gasteiger partial charge in [-0.3, -0.25) is 14.3 Å². The third-order valence-electron chi connectivity index (χ3n) is 6.41. The Hall–Kier alpha value is -3.16. The van der Waals surface area contributed by atoms with Crippen LogP contribution in [0.5, 0.6) is 5.75 Å². The van der Waals surface area contributed by atoms with E-state index in [4.69, 9.17) is 15.5 Å². The highest BCUT2D eigenvalue weighted by atomic mass is 16.5. The zero-order valence-corrected chi connectivity index (χ0v) is 19.0. The van der Waals surface area contributed by atoms with E-state index in [9.17, 15) is 9.59 Å². The zero-order chi connectivity index (χ0) is 22.8. The standard InChI is InChI=1S/C24H31N5O3/c1-4-6-18-20-21(29(3)28-18)24(31)27-23(26-20)17-13-16(11-12-19(17)32-5-2)14-7-9-15(10-8-14)22(25)30/h11-15H,4-10H2,1-3H3,(H2,25,30)(H,26,27,31). The van der Waals surface area contributed by atoms with Crippen molar-refractivity contribution in [2.24, 2.45) is 18.7 Å². The SMILES string of the molecule is CCCc1nn(C)c2c(=O)[nH]c(-c3cc(C4CCC(C(N)=O)CC4)ccc3OCC)nc12. The van der Waals surface area contributed by atoms with Gasteiger partial charge in [-0.2, -0.15) is 5.10 Å². The lowest BCUT2D eigenvalue weighted by Crippen LogP contribution is -2.27. The number of primary amides is 1. The number of ether oxygens (including phenoxy) is 1. The Bertz CT molecular complexity index is 1190. The molecule has 0 radical (unpaired) electrons. The first-order chi connectivity index (χ1) is 15.4. The number of carbonyl (C=O) groups is 1. The minimum atomic E-state index is -0.211. The van der Waals surface area contributed by atoms with Crippen molar-refractivity contribution in [2.45, 2.75) is 58.3 Å². The van der Waals surface area contributed by atoms with Gasteiger partial charge in [-0.1, -0.05) is 19.4 Å². The third kappa shape index (κ3) is 4.13. The predicted molar refractivity (Wildman–Crippen MR) is 124 cm³/mol. The van der Waals surface area contributed by atoms with E-state index in [1.165, 1.54) is 0 Å². The molecular formula is C24H31N5O3. The number of carbonyl (C=O) groups excluding carboxylic acids is 1. The van der Waals surface area contributed by atoms with Crippen LogP contribution < -0.4 is 16.0 Å². The molecule has 0 saturated heterocycles. The lowest BCUT2D eigenvalue weighted by Gasteiger charge is -2.27. The van der Waals surface area contributed by atoms with Crippen LogP contribution in [-0.4, -0.2) is 32.3 Å². The van der Waals surface area contributed by atoms with Crippen molar-refractivity contribution in [3.8, 4) is 17.1 Å². The summed E-state index contributed by atoms with van der Waals surface area (Å²) in [6.45, 7) is 4.53. The van der Waals surface area contributed by atoms with Crippen molar-refractivity contribution in [2.75, 3.05) is 6.61 Å². The fourth-order valence-corrected chi connectivity index (χ4v) is 4.76. The van der Waals surface area contributed by atoms with E-state index < -0.39 is 0 Å². The molecule has 8 nitrogen and oxygen atoms in total. The maximum atomic E-state index is 12.9. The average molecular weight is 438 g/mol. The molecule has 0 aliphatic heterocycles. The molecule has 0 bridgehead atoms. The van der Waals surface area contributed by atoms with Crippen LogP contribution >= 0.6 is 0 Å². The Morgan fingerprint density at radius 1 is 1.25 bits per heavy atom. The Balaban J connectivity index is 1.77. The molecule has 170 valence electrons. The molecule has 4 rings (SSSR count). The van der Waals surface area contributed by atoms with Crippen LogP contribution in [0.4, 0.5) is 0 Å². The molecule has 0 spiro atoms. The average Bonchev–Trinajstić information content (AvgIpc) is 3.10. The van der Waals surface area contributed by atoms with Gasteiger partial charge in [-0.05, 0) is 62.6 Å². The number of nitrogens with zero attached hydrogens (tertiary/aromatic N) is 3. The largest absolute Gasteiger partial charge is 0.493 e. The molecule has 3 N–H and O–H groups in total. The van der Waals surface area contributed by atoms with Crippen LogP contribution in [0, 0.1) is 5.92 Å². The van der Waals surface area contributed by atoms with Crippen LogP contribution in [0.2, 0.25) is 0 Å². The summed E-state index contributed by atoms with van der Waals surface area (Å²) >= 11 is 0. The number of H-pyrrole nitrogens is 1. The summed E-state index contributed by atoms with van der Waals surface area (Å²) in [4.78, 5) is 32.2. The molecular weight excluding hydrogens is 406 g/mol. The maximum absolute atomic E-state index is 12.9. The molecule has 1 aromatic carbocycles. The van der Waals surface area contributed by atoms with Crippen molar-refractivity contribution < 1.29 is 9.53 Å². The molecule has 1 saturated carbocycles. The predicted octanol–water partition coefficient (Wildman–Crippen LogP) is 3.43. The highest BCUT2D eigenvalue weighted by Gasteiger charge is 2.26. The Morgan fingerprint density at radius 3 is 2.66 bits per heavy atom. The van der Waals surface area contributed by atoms with Crippen LogP contribution in [0.25, 0.3) is 22.4 Å². The first-order valence-corrected chi connectivity index (χ1v) is 11.4. The number of hydrogen-bond donors (Lipinski definition) is 2. The van der Waals surface area contributed by atoms with E-state index in [1.807, 2.05) is 13.0 Å². The van der Waals surface area contributed by atoms with E-state index in [2.05, 4.69) is 29.1 Å². The second-order valence-electron chi connectivity index (χ2n) is 8.57. The van der Waals surface area contributed by atoms with E-state index >= 15 is 0 Å². The molecule has 1 aliphatic carbocycles. The van der Waals surface area contributed by atoms with E-state index in [1.54, 1.807) is 11.7 Å². The van der Waals surface area contributed by atoms with Crippen LogP contribution in [-0.2, 0) is 18.3 Å². The number of hydrogen-bond acceptors (Lipinski definition) is 5. The second kappa shape index (κ2) is 9.14. The first-order valence-electron chi connectivity index (χ1n) is 11.4. The van der Waals surface area contributed by atoms with Gasteiger partial charge in [0.15, 0.2) is 5.52 Å². The van der Waals surface area contributed by atoms with Gasteiger partial charge in [0.1, 0.15) is 17.1 Å². The number of aryl methyl sites for hydroxylation is 2. The highest BCUT2D eigenvalue weighted by molar-refractivity contribution is 5.80. The number of aromatic amines is 1. The van der Waals surface area contributed by atoms with Gasteiger partial charge >= 0.3 is 0 Å². The van der Waals surface area contributed by atoms with Gasteiger partial charge in [-0.25, -0.2) is 4.98 Å². The van der Waals surface area contributed by atoms with E-state index in [0.717, 1.165) is 55.3 Å². The number of aromatic nitrogens is 4. The van der Waals surface area contributed by atoms with Crippen molar-refractivity contribution in [1.82, 2.24) is 19.7 Å². The lowest BCUT2D eigenvalue weighted by atomic mass is 9.78. The van der Waals surface area contributed by atoms with Crippen molar-refractivity contribution >= 4 is 16.9 Å². The normalized spacial score (nSPS) is 18.7. The summed E-state index contributed by atoms with van der Waals surface area (Å²) < 4.78 is 7.48. The van der Waals surface area contributed by atoms with E-state index in [0.29, 0.717) is 35.1 Å². The molecule has 0 unspecified atom stereocenters. The molecule has 1 fully saturated rings. The number of nitrogens with one attached hydrogen (secondary N) is 1. The van der Waals surface area contributed by atoms with Gasteiger partial charge < -0.3 is 15.5 Å². The molecule has 1 amide bonds. The molecule has 2 heterocycles. The number of rotatable bonds is 7. The quantitative estimate of drug-likeness (QED) is 0.587. The number of nitrogens with two attached hydrogens (primary N) is 1. The minimum Gasteiger partial charge on any atom is -0.493 e. The van der Waals surface area contributed by atoms with Crippen LogP contribution in [0.3, 0.4) is 0 Å². The lowest BCUT2D eigenvalue weighted by molar-refractivity contribution is -0.122. The van der Waals surface area contributed by atoms with Crippen molar-refractivity contribution in [3.63, 3.8) is 0 Å². The summed E-state index contributed by atoms with van der Waals surface area (Å²) in [5.74, 6) is 1.28. The minimum absolute atomic E-state index is 0.0311. The van der Waals surface area contributed by atoms with Gasteiger partial charge in [0.2, 0.25) is 5.91 Å². The number of fused-ring (bicyclic) bond motifs is 1. The Kier molecular flexibility index (Phi) is 6.30. The van der Waals surface area contributed by atoms with Gasteiger partial charge in [-0.15, -0.1) is 0 Å². The van der Waals surface area contributed by atoms with Gasteiger partial charge in [0.05, 0.1) is 17.9 Å². The summed E-state index contributed by atoms with van der Waals surface area (Å²) in [6, 6.07) is 6.10. The van der Waals surface area contributed by atoms with Crippen LogP contribution in [0.15, 0.2) is 23.0 Å². The molecule has 2 aromatic heterocycles. The maximum Gasteiger partial charge on any atom is 0.277 e. The molecule has 8 heteroatoms. The topological polar surface area (TPSA) is 116 Å². The first kappa shape index (κ1) is 22.0. The molecule has 1 aliphatic rings. The Labute approximate surface area is 187 Å². The summed E-state index contributed by atoms with van der Waals surface area (Å²) in [6.07, 6.45) is 5.11. The summed E-state index contributed by atoms with van der Waals surface area (Å²) in [5, 5.41) is 4.51. The third-order valence-corrected chi connectivity index (χ3v) is 6.41. The summed E-state index contributed by atoms with van der Waals surface area (Å²) in [5.41, 5.74) is 9.17. The molecule has 3 aromatic rings. The van der Waals surface area contributed by atoms with Crippen molar-refractivity contribution in [1.29, 1.82) is 0 Å². The smallest absolute Gasteiger partial charge is 0.277 e. The van der Waals surface area contributed by atoms with E-state index in [-0.39, 0.29) is 17.4 Å². The fraction of sp³-hybridized carbons (Fsp3) is 0.500. The second-order valence-corrected chi connectivity index (χ2v) is 8.57. The summed E-state index contributed by atoms with van der Waals surface area (Å²) in [7, 11) is 1.77. The van der Waals surface area contributed by atoms with Crippen LogP contribution in [0.1, 0.15) is 63.1 Å². The number of amides is 1. The number of benzene rings is 1.